The van der Waals surface area contributed by atoms with Crippen LogP contribution >= 0.6 is 23.4 Å². The highest BCUT2D eigenvalue weighted by atomic mass is 32.2. The standard InChI is InChI=1S/C16H14N2S.C7H8O3S/c1-18-14-9-5-6-10-15(14)19-16(18)11-12-17-13-7-3-2-4-8-13;1-6-2-4-7(5-3-6)11-10-9-8/h2-12H,1H3;2-5,8H,1H3. The number of benzene rings is 3. The fraction of sp³-hybridized carbons (Fsp3) is 0.0870. The van der Waals surface area contributed by atoms with Gasteiger partial charge in [-0.05, 0) is 37.3 Å². The van der Waals surface area contributed by atoms with Crippen LogP contribution in [0.3, 0.4) is 0 Å². The van der Waals surface area contributed by atoms with E-state index in [4.69, 9.17) is 0 Å². The summed E-state index contributed by atoms with van der Waals surface area (Å²) >= 11 is 2.69. The van der Waals surface area contributed by atoms with Crippen LogP contribution in [-0.2, 0) is 16.4 Å². The van der Waals surface area contributed by atoms with Gasteiger partial charge in [0.25, 0.3) is 5.01 Å². The van der Waals surface area contributed by atoms with Crippen LogP contribution in [0.1, 0.15) is 10.6 Å². The number of hydrogen-bond acceptors (Lipinski definition) is 6. The molecule has 0 bridgehead atoms. The number of para-hydroxylation sites is 2. The van der Waals surface area contributed by atoms with Crippen LogP contribution in [0.15, 0.2) is 90.0 Å². The maximum absolute atomic E-state index is 9.43. The molecule has 5 nitrogen and oxygen atoms in total. The second kappa shape index (κ2) is 11.5. The molecule has 0 aliphatic rings. The molecule has 0 amide bonds. The largest absolute Gasteiger partial charge is 0.691 e. The van der Waals surface area contributed by atoms with Gasteiger partial charge >= 0.3 is 0 Å². The fourth-order valence-corrected chi connectivity index (χ4v) is 4.06. The number of fused-ring (bicyclic) bond motifs is 1. The van der Waals surface area contributed by atoms with Gasteiger partial charge < -0.3 is 10.6 Å². The molecule has 0 fully saturated rings. The van der Waals surface area contributed by atoms with E-state index >= 15 is 0 Å². The van der Waals surface area contributed by atoms with Gasteiger partial charge in [0, 0.05) is 28.9 Å². The van der Waals surface area contributed by atoms with Gasteiger partial charge in [-0.25, -0.2) is 0 Å². The minimum absolute atomic E-state index is 0.839. The van der Waals surface area contributed by atoms with Gasteiger partial charge in [0.05, 0.1) is 12.0 Å². The molecule has 0 spiro atoms. The smallest absolute Gasteiger partial charge is 0.263 e. The number of thiazole rings is 1. The van der Waals surface area contributed by atoms with E-state index in [0.29, 0.717) is 0 Å². The van der Waals surface area contributed by atoms with E-state index < -0.39 is 0 Å². The molecule has 154 valence electrons. The molecule has 3 aromatic carbocycles. The second-order valence-corrected chi connectivity index (χ2v) is 8.18. The number of hydrogen-bond donors (Lipinski definition) is 1. The highest BCUT2D eigenvalue weighted by molar-refractivity contribution is 7.94. The van der Waals surface area contributed by atoms with Crippen LogP contribution < -0.4 is 15.1 Å². The quantitative estimate of drug-likeness (QED) is 0.198. The predicted molar refractivity (Wildman–Crippen MR) is 121 cm³/mol. The Balaban J connectivity index is 0.000000199. The molecule has 30 heavy (non-hydrogen) atoms. The van der Waals surface area contributed by atoms with Crippen LogP contribution in [0.2, 0.25) is 0 Å². The number of aromatic nitrogens is 1. The Kier molecular flexibility index (Phi) is 8.43. The van der Waals surface area contributed by atoms with Crippen molar-refractivity contribution < 1.29 is 19.2 Å². The number of anilines is 1. The third-order valence-corrected chi connectivity index (χ3v) is 5.97. The molecule has 7 heteroatoms. The molecule has 4 aromatic rings. The first-order valence-corrected chi connectivity index (χ1v) is 10.8. The van der Waals surface area contributed by atoms with Crippen molar-refractivity contribution in [2.75, 3.05) is 5.32 Å². The highest BCUT2D eigenvalue weighted by Crippen LogP contribution is 2.20. The zero-order chi connectivity index (χ0) is 21.2. The minimum Gasteiger partial charge on any atom is -0.691 e. The van der Waals surface area contributed by atoms with Gasteiger partial charge in [0.15, 0.2) is 0 Å². The second-order valence-electron chi connectivity index (χ2n) is 6.34. The number of nitrogens with zero attached hydrogens (tertiary/aromatic N) is 1. The van der Waals surface area contributed by atoms with E-state index in [0.717, 1.165) is 28.2 Å². The zero-order valence-electron chi connectivity index (χ0n) is 16.6. The Morgan fingerprint density at radius 1 is 0.967 bits per heavy atom. The molecule has 1 N–H and O–H groups in total. The van der Waals surface area contributed by atoms with E-state index in [1.165, 1.54) is 15.2 Å². The molecule has 0 saturated carbocycles. The van der Waals surface area contributed by atoms with Gasteiger partial charge in [0.1, 0.15) is 11.7 Å². The third kappa shape index (κ3) is 6.41. The van der Waals surface area contributed by atoms with Crippen LogP contribution in [0.25, 0.3) is 16.3 Å². The predicted octanol–water partition coefficient (Wildman–Crippen LogP) is 5.03. The zero-order valence-corrected chi connectivity index (χ0v) is 18.3. The van der Waals surface area contributed by atoms with Crippen molar-refractivity contribution in [3.8, 4) is 0 Å². The van der Waals surface area contributed by atoms with Gasteiger partial charge in [-0.2, -0.15) is 8.90 Å². The molecule has 1 aromatic heterocycles. The summed E-state index contributed by atoms with van der Waals surface area (Å²) < 4.78 is 7.64. The van der Waals surface area contributed by atoms with E-state index in [9.17, 15) is 5.26 Å². The first-order valence-electron chi connectivity index (χ1n) is 9.23. The summed E-state index contributed by atoms with van der Waals surface area (Å²) in [6, 6.07) is 26.2. The Morgan fingerprint density at radius 2 is 1.67 bits per heavy atom. The van der Waals surface area contributed by atoms with Crippen molar-refractivity contribution >= 4 is 45.4 Å². The van der Waals surface area contributed by atoms with E-state index in [1.54, 1.807) is 11.3 Å². The van der Waals surface area contributed by atoms with Crippen molar-refractivity contribution in [1.82, 2.24) is 0 Å². The van der Waals surface area contributed by atoms with Gasteiger partial charge in [-0.3, -0.25) is 5.04 Å². The minimum atomic E-state index is 0.839. The van der Waals surface area contributed by atoms with Crippen LogP contribution in [0, 0.1) is 6.92 Å². The maximum Gasteiger partial charge on any atom is 0.263 e. The van der Waals surface area contributed by atoms with E-state index in [1.807, 2.05) is 55.6 Å². The van der Waals surface area contributed by atoms with Crippen molar-refractivity contribution in [1.29, 1.82) is 0 Å². The first-order chi connectivity index (χ1) is 14.7. The lowest BCUT2D eigenvalue weighted by Gasteiger charge is -2.03. The molecule has 0 unspecified atom stereocenters. The molecule has 0 aliphatic heterocycles. The highest BCUT2D eigenvalue weighted by Gasteiger charge is 2.12. The number of nitrogens with one attached hydrogen (secondary N) is 1. The molecule has 4 rings (SSSR count). The summed E-state index contributed by atoms with van der Waals surface area (Å²) in [4.78, 5) is 0.839. The Labute approximate surface area is 184 Å². The topological polar surface area (TPSA) is 57.4 Å². The van der Waals surface area contributed by atoms with Gasteiger partial charge in [-0.1, -0.05) is 59.4 Å². The molecule has 0 radical (unpaired) electrons. The first kappa shape index (κ1) is 22.0. The maximum atomic E-state index is 9.43. The average Bonchev–Trinajstić information content (AvgIpc) is 3.10. The van der Waals surface area contributed by atoms with Crippen molar-refractivity contribution in [3.63, 3.8) is 0 Å². The van der Waals surface area contributed by atoms with Gasteiger partial charge in [-0.15, -0.1) is 0 Å². The summed E-state index contributed by atoms with van der Waals surface area (Å²) in [5.74, 6) is 0. The monoisotopic (exact) mass is 438 g/mol. The van der Waals surface area contributed by atoms with Gasteiger partial charge in [0.2, 0.25) is 5.52 Å². The van der Waals surface area contributed by atoms with E-state index in [2.05, 4.69) is 68.8 Å². The molecule has 0 saturated heterocycles. The summed E-state index contributed by atoms with van der Waals surface area (Å²) in [5, 5.41) is 17.1. The Morgan fingerprint density at radius 3 is 2.37 bits per heavy atom. The summed E-state index contributed by atoms with van der Waals surface area (Å²) in [7, 11) is 2.10. The normalized spacial score (nSPS) is 10.8. The Hall–Kier alpha value is -2.68. The summed E-state index contributed by atoms with van der Waals surface area (Å²) in [5.41, 5.74) is 3.53. The lowest BCUT2D eigenvalue weighted by molar-refractivity contribution is -0.777. The lowest BCUT2D eigenvalue weighted by Crippen LogP contribution is -2.28. The lowest BCUT2D eigenvalue weighted by atomic mass is 10.2. The molecular formula is C23H22N2O3S2. The fourth-order valence-electron chi connectivity index (χ4n) is 2.66. The number of rotatable bonds is 6. The van der Waals surface area contributed by atoms with Crippen molar-refractivity contribution in [3.05, 3.63) is 95.6 Å². The third-order valence-electron chi connectivity index (χ3n) is 4.20. The summed E-state index contributed by atoms with van der Waals surface area (Å²) in [6.07, 6.45) is 4.09. The SMILES string of the molecule is C[n+]1c(C=CNc2ccccc2)sc2ccccc21.Cc1ccc(SOO[O-])cc1. The average molecular weight is 439 g/mol. The molecule has 0 aliphatic carbocycles. The van der Waals surface area contributed by atoms with Crippen LogP contribution in [0.4, 0.5) is 5.69 Å². The Bertz CT molecular complexity index is 1080. The molecule has 0 atom stereocenters. The van der Waals surface area contributed by atoms with Crippen molar-refractivity contribution in [2.45, 2.75) is 11.8 Å². The van der Waals surface area contributed by atoms with Crippen LogP contribution in [0.5, 0.6) is 0 Å². The van der Waals surface area contributed by atoms with Crippen molar-refractivity contribution in [2.24, 2.45) is 7.05 Å². The molecular weight excluding hydrogens is 416 g/mol. The summed E-state index contributed by atoms with van der Waals surface area (Å²) in [6.45, 7) is 1.99. The molecule has 1 heterocycles. The van der Waals surface area contributed by atoms with Crippen LogP contribution in [-0.4, -0.2) is 0 Å². The van der Waals surface area contributed by atoms with E-state index in [-0.39, 0.29) is 0 Å². The number of aryl methyl sites for hydroxylation is 2.